The highest BCUT2D eigenvalue weighted by Gasteiger charge is 2.25. The lowest BCUT2D eigenvalue weighted by Crippen LogP contribution is -2.40. The van der Waals surface area contributed by atoms with Crippen molar-refractivity contribution >= 4 is 11.7 Å². The van der Waals surface area contributed by atoms with Gasteiger partial charge >= 0.3 is 0 Å². The molecule has 1 saturated heterocycles. The summed E-state index contributed by atoms with van der Waals surface area (Å²) in [5, 5.41) is 11.9. The molecule has 1 amide bonds. The zero-order valence-corrected chi connectivity index (χ0v) is 18.0. The topological polar surface area (TPSA) is 67.3 Å². The number of anilines is 1. The summed E-state index contributed by atoms with van der Waals surface area (Å²) >= 11 is 0. The summed E-state index contributed by atoms with van der Waals surface area (Å²) in [7, 11) is 1.65. The summed E-state index contributed by atoms with van der Waals surface area (Å²) in [4.78, 5) is 14.8. The number of carbonyl (C=O) groups excluding carboxylic acids is 1. The lowest BCUT2D eigenvalue weighted by molar-refractivity contribution is -0.125. The predicted molar refractivity (Wildman–Crippen MR) is 122 cm³/mol. The van der Waals surface area contributed by atoms with Crippen LogP contribution in [0.3, 0.4) is 0 Å². The number of piperidine rings is 1. The van der Waals surface area contributed by atoms with Crippen molar-refractivity contribution < 1.29 is 9.53 Å². The van der Waals surface area contributed by atoms with Crippen LogP contribution in [0.15, 0.2) is 60.7 Å². The van der Waals surface area contributed by atoms with Crippen LogP contribution in [0.5, 0.6) is 5.75 Å². The molecule has 1 aliphatic heterocycles. The quantitative estimate of drug-likeness (QED) is 0.658. The van der Waals surface area contributed by atoms with Crippen molar-refractivity contribution in [1.29, 1.82) is 0 Å². The predicted octanol–water partition coefficient (Wildman–Crippen LogP) is 3.99. The highest BCUT2D eigenvalue weighted by Crippen LogP contribution is 2.24. The molecule has 1 fully saturated rings. The minimum Gasteiger partial charge on any atom is -0.497 e. The summed E-state index contributed by atoms with van der Waals surface area (Å²) in [6.45, 7) is 4.22. The van der Waals surface area contributed by atoms with E-state index >= 15 is 0 Å². The molecule has 4 rings (SSSR count). The minimum atomic E-state index is 0.0361. The Hall–Kier alpha value is -3.41. The molecule has 160 valence electrons. The van der Waals surface area contributed by atoms with E-state index in [2.05, 4.69) is 39.5 Å². The number of ether oxygens (including phenoxy) is 1. The average molecular weight is 417 g/mol. The number of nitrogens with zero attached hydrogens (tertiary/aromatic N) is 3. The van der Waals surface area contributed by atoms with E-state index in [1.807, 2.05) is 48.5 Å². The van der Waals surface area contributed by atoms with Gasteiger partial charge in [-0.15, -0.1) is 10.2 Å². The Balaban J connectivity index is 1.28. The zero-order chi connectivity index (χ0) is 21.6. The maximum Gasteiger partial charge on any atom is 0.223 e. The molecule has 1 aliphatic rings. The molecule has 1 N–H and O–H groups in total. The van der Waals surface area contributed by atoms with Crippen LogP contribution in [-0.4, -0.2) is 36.3 Å². The third kappa shape index (κ3) is 5.20. The second kappa shape index (κ2) is 9.60. The number of methoxy groups -OCH3 is 1. The SMILES string of the molecule is COc1ccc(CNC(=O)C2CCN(c3ccc(-c4cccc(C)c4)nn3)CC2)cc1. The van der Waals surface area contributed by atoms with Crippen molar-refractivity contribution in [3.05, 3.63) is 71.8 Å². The third-order valence-corrected chi connectivity index (χ3v) is 5.78. The molecule has 0 saturated carbocycles. The van der Waals surface area contributed by atoms with Crippen molar-refractivity contribution in [3.63, 3.8) is 0 Å². The van der Waals surface area contributed by atoms with Crippen molar-refractivity contribution in [2.24, 2.45) is 5.92 Å². The first kappa shape index (κ1) is 20.8. The van der Waals surface area contributed by atoms with Gasteiger partial charge in [-0.2, -0.15) is 0 Å². The van der Waals surface area contributed by atoms with E-state index in [4.69, 9.17) is 4.74 Å². The minimum absolute atomic E-state index is 0.0361. The van der Waals surface area contributed by atoms with E-state index in [0.717, 1.165) is 54.3 Å². The van der Waals surface area contributed by atoms with Gasteiger partial charge in [0.05, 0.1) is 12.8 Å². The van der Waals surface area contributed by atoms with Gasteiger partial charge in [-0.05, 0) is 55.7 Å². The zero-order valence-electron chi connectivity index (χ0n) is 18.0. The van der Waals surface area contributed by atoms with Crippen molar-refractivity contribution in [3.8, 4) is 17.0 Å². The maximum atomic E-state index is 12.6. The van der Waals surface area contributed by atoms with Gasteiger partial charge < -0.3 is 15.0 Å². The number of aryl methyl sites for hydroxylation is 1. The number of rotatable bonds is 6. The fourth-order valence-corrected chi connectivity index (χ4v) is 3.90. The lowest BCUT2D eigenvalue weighted by Gasteiger charge is -2.31. The van der Waals surface area contributed by atoms with Gasteiger partial charge in [0, 0.05) is 31.1 Å². The van der Waals surface area contributed by atoms with E-state index < -0.39 is 0 Å². The largest absolute Gasteiger partial charge is 0.497 e. The summed E-state index contributed by atoms with van der Waals surface area (Å²) in [6.07, 6.45) is 1.63. The summed E-state index contributed by atoms with van der Waals surface area (Å²) in [5.74, 6) is 1.84. The average Bonchev–Trinajstić information content (AvgIpc) is 2.83. The van der Waals surface area contributed by atoms with Crippen molar-refractivity contribution in [1.82, 2.24) is 15.5 Å². The van der Waals surface area contributed by atoms with E-state index in [0.29, 0.717) is 6.54 Å². The van der Waals surface area contributed by atoms with Crippen molar-refractivity contribution in [2.45, 2.75) is 26.3 Å². The van der Waals surface area contributed by atoms with Crippen LogP contribution in [0, 0.1) is 12.8 Å². The Bertz CT molecular complexity index is 1010. The van der Waals surface area contributed by atoms with E-state index in [1.54, 1.807) is 7.11 Å². The monoisotopic (exact) mass is 416 g/mol. The summed E-state index contributed by atoms with van der Waals surface area (Å²) < 4.78 is 5.17. The molecule has 1 aromatic heterocycles. The number of hydrogen-bond donors (Lipinski definition) is 1. The van der Waals surface area contributed by atoms with E-state index in [-0.39, 0.29) is 11.8 Å². The Morgan fingerprint density at radius 3 is 2.48 bits per heavy atom. The van der Waals surface area contributed by atoms with Gasteiger partial charge in [0.15, 0.2) is 5.82 Å². The summed E-state index contributed by atoms with van der Waals surface area (Å²) in [6, 6.07) is 20.1. The maximum absolute atomic E-state index is 12.6. The number of hydrogen-bond acceptors (Lipinski definition) is 5. The number of nitrogens with one attached hydrogen (secondary N) is 1. The number of carbonyl (C=O) groups is 1. The molecule has 6 heteroatoms. The van der Waals surface area contributed by atoms with Crippen LogP contribution in [-0.2, 0) is 11.3 Å². The van der Waals surface area contributed by atoms with Crippen LogP contribution in [0.1, 0.15) is 24.0 Å². The van der Waals surface area contributed by atoms with Crippen molar-refractivity contribution in [2.75, 3.05) is 25.1 Å². The van der Waals surface area contributed by atoms with Gasteiger partial charge in [0.2, 0.25) is 5.91 Å². The fraction of sp³-hybridized carbons (Fsp3) is 0.320. The molecular formula is C25H28N4O2. The molecule has 0 atom stereocenters. The summed E-state index contributed by atoms with van der Waals surface area (Å²) in [5.41, 5.74) is 4.22. The molecule has 0 bridgehead atoms. The molecule has 0 unspecified atom stereocenters. The second-order valence-electron chi connectivity index (χ2n) is 7.97. The molecule has 6 nitrogen and oxygen atoms in total. The molecule has 3 aromatic rings. The van der Waals surface area contributed by atoms with Crippen LogP contribution < -0.4 is 15.0 Å². The van der Waals surface area contributed by atoms with Crippen LogP contribution in [0.2, 0.25) is 0 Å². The van der Waals surface area contributed by atoms with E-state index in [1.165, 1.54) is 5.56 Å². The van der Waals surface area contributed by atoms with Gasteiger partial charge in [-0.1, -0.05) is 35.9 Å². The molecule has 2 aromatic carbocycles. The highest BCUT2D eigenvalue weighted by atomic mass is 16.5. The smallest absolute Gasteiger partial charge is 0.223 e. The first-order valence-electron chi connectivity index (χ1n) is 10.7. The molecule has 0 radical (unpaired) electrons. The molecule has 2 heterocycles. The third-order valence-electron chi connectivity index (χ3n) is 5.78. The Kier molecular flexibility index (Phi) is 6.46. The Morgan fingerprint density at radius 2 is 1.84 bits per heavy atom. The number of aromatic nitrogens is 2. The Morgan fingerprint density at radius 1 is 1.06 bits per heavy atom. The molecule has 0 aliphatic carbocycles. The molecule has 0 spiro atoms. The highest BCUT2D eigenvalue weighted by molar-refractivity contribution is 5.79. The van der Waals surface area contributed by atoms with Crippen LogP contribution in [0.25, 0.3) is 11.3 Å². The first-order valence-corrected chi connectivity index (χ1v) is 10.7. The first-order chi connectivity index (χ1) is 15.1. The fourth-order valence-electron chi connectivity index (χ4n) is 3.90. The Labute approximate surface area is 183 Å². The molecular weight excluding hydrogens is 388 g/mol. The number of benzene rings is 2. The van der Waals surface area contributed by atoms with Gasteiger partial charge in [-0.25, -0.2) is 0 Å². The van der Waals surface area contributed by atoms with Gasteiger partial charge in [0.1, 0.15) is 5.75 Å². The van der Waals surface area contributed by atoms with Crippen LogP contribution in [0.4, 0.5) is 5.82 Å². The normalized spacial score (nSPS) is 14.3. The number of amides is 1. The lowest BCUT2D eigenvalue weighted by atomic mass is 9.96. The second-order valence-corrected chi connectivity index (χ2v) is 7.97. The van der Waals surface area contributed by atoms with Gasteiger partial charge in [0.25, 0.3) is 0 Å². The van der Waals surface area contributed by atoms with Gasteiger partial charge in [-0.3, -0.25) is 4.79 Å². The van der Waals surface area contributed by atoms with Crippen LogP contribution >= 0.6 is 0 Å². The standard InChI is InChI=1S/C25H28N4O2/c1-18-4-3-5-21(16-18)23-10-11-24(28-27-23)29-14-12-20(13-15-29)25(30)26-17-19-6-8-22(31-2)9-7-19/h3-11,16,20H,12-15,17H2,1-2H3,(H,26,30). The molecule has 31 heavy (non-hydrogen) atoms. The van der Waals surface area contributed by atoms with E-state index in [9.17, 15) is 4.79 Å².